The summed E-state index contributed by atoms with van der Waals surface area (Å²) in [6.45, 7) is 2.04. The molecule has 3 rings (SSSR count). The molecule has 0 radical (unpaired) electrons. The van der Waals surface area contributed by atoms with Crippen LogP contribution in [0.4, 0.5) is 4.39 Å². The van der Waals surface area contributed by atoms with E-state index in [2.05, 4.69) is 15.4 Å². The number of halogens is 1. The summed E-state index contributed by atoms with van der Waals surface area (Å²) < 4.78 is 15.1. The number of hydrogen-bond acceptors (Lipinski definition) is 3. The molecule has 1 heterocycles. The van der Waals surface area contributed by atoms with E-state index in [1.165, 1.54) is 12.4 Å². The lowest BCUT2D eigenvalue weighted by Crippen LogP contribution is -2.24. The van der Waals surface area contributed by atoms with Gasteiger partial charge < -0.3 is 5.32 Å². The second-order valence-electron chi connectivity index (χ2n) is 5.07. The molecule has 0 spiro atoms. The van der Waals surface area contributed by atoms with E-state index in [1.54, 1.807) is 22.9 Å². The highest BCUT2D eigenvalue weighted by atomic mass is 19.1. The molecule has 5 nitrogen and oxygen atoms in total. The number of hydrogen-bond donors (Lipinski definition) is 1. The van der Waals surface area contributed by atoms with Crippen LogP contribution in [0.3, 0.4) is 0 Å². The van der Waals surface area contributed by atoms with Crippen molar-refractivity contribution in [1.82, 2.24) is 20.1 Å². The summed E-state index contributed by atoms with van der Waals surface area (Å²) in [6.07, 6.45) is 1.49. The summed E-state index contributed by atoms with van der Waals surface area (Å²) in [6, 6.07) is 14.0. The standard InChI is InChI=1S/C17H15FN4O/c1-12-6-2-5-9-15(12)22-11-20-16(21-22)17(23)19-10-13-7-3-4-8-14(13)18/h2-9,11H,10H2,1H3,(H,19,23). The Morgan fingerprint density at radius 2 is 1.91 bits per heavy atom. The summed E-state index contributed by atoms with van der Waals surface area (Å²) in [5, 5.41) is 6.79. The molecule has 0 aliphatic heterocycles. The van der Waals surface area contributed by atoms with Gasteiger partial charge in [-0.3, -0.25) is 4.79 Å². The van der Waals surface area contributed by atoms with Gasteiger partial charge in [-0.2, -0.15) is 0 Å². The summed E-state index contributed by atoms with van der Waals surface area (Å²) in [5.41, 5.74) is 2.29. The van der Waals surface area contributed by atoms with Gasteiger partial charge in [-0.1, -0.05) is 36.4 Å². The van der Waals surface area contributed by atoms with Crippen LogP contribution in [-0.2, 0) is 6.54 Å². The van der Waals surface area contributed by atoms with Gasteiger partial charge in [0.2, 0.25) is 5.82 Å². The normalized spacial score (nSPS) is 10.5. The van der Waals surface area contributed by atoms with Crippen LogP contribution < -0.4 is 5.32 Å². The van der Waals surface area contributed by atoms with Crippen molar-refractivity contribution in [3.8, 4) is 5.69 Å². The van der Waals surface area contributed by atoms with E-state index in [4.69, 9.17) is 0 Å². The third-order valence-electron chi connectivity index (χ3n) is 3.45. The average Bonchev–Trinajstić information content (AvgIpc) is 3.04. The number of para-hydroxylation sites is 1. The van der Waals surface area contributed by atoms with Crippen LogP contribution in [0.1, 0.15) is 21.7 Å². The van der Waals surface area contributed by atoms with Crippen LogP contribution in [0, 0.1) is 12.7 Å². The molecule has 0 atom stereocenters. The molecule has 1 amide bonds. The second-order valence-corrected chi connectivity index (χ2v) is 5.07. The highest BCUT2D eigenvalue weighted by Crippen LogP contribution is 2.11. The topological polar surface area (TPSA) is 59.8 Å². The SMILES string of the molecule is Cc1ccccc1-n1cnc(C(=O)NCc2ccccc2F)n1. The molecule has 6 heteroatoms. The van der Waals surface area contributed by atoms with Crippen molar-refractivity contribution < 1.29 is 9.18 Å². The van der Waals surface area contributed by atoms with Crippen molar-refractivity contribution in [1.29, 1.82) is 0 Å². The van der Waals surface area contributed by atoms with E-state index in [1.807, 2.05) is 31.2 Å². The Labute approximate surface area is 132 Å². The lowest BCUT2D eigenvalue weighted by Gasteiger charge is -2.05. The first-order chi connectivity index (χ1) is 11.1. The number of benzene rings is 2. The third-order valence-corrected chi connectivity index (χ3v) is 3.45. The predicted octanol–water partition coefficient (Wildman–Crippen LogP) is 2.64. The Morgan fingerprint density at radius 3 is 2.70 bits per heavy atom. The third kappa shape index (κ3) is 3.26. The number of aromatic nitrogens is 3. The molecule has 23 heavy (non-hydrogen) atoms. The van der Waals surface area contributed by atoms with Gasteiger partial charge >= 0.3 is 0 Å². The first-order valence-corrected chi connectivity index (χ1v) is 7.14. The molecule has 116 valence electrons. The lowest BCUT2D eigenvalue weighted by atomic mass is 10.2. The Kier molecular flexibility index (Phi) is 4.14. The van der Waals surface area contributed by atoms with Gasteiger partial charge in [-0.25, -0.2) is 14.1 Å². The predicted molar refractivity (Wildman–Crippen MR) is 83.7 cm³/mol. The van der Waals surface area contributed by atoms with Crippen molar-refractivity contribution in [3.63, 3.8) is 0 Å². The molecular formula is C17H15FN4O. The smallest absolute Gasteiger partial charge is 0.291 e. The minimum Gasteiger partial charge on any atom is -0.345 e. The minimum absolute atomic E-state index is 0.0459. The zero-order chi connectivity index (χ0) is 16.2. The second kappa shape index (κ2) is 6.39. The summed E-state index contributed by atoms with van der Waals surface area (Å²) in [4.78, 5) is 16.1. The van der Waals surface area contributed by atoms with Crippen LogP contribution in [0.25, 0.3) is 5.69 Å². The fourth-order valence-corrected chi connectivity index (χ4v) is 2.20. The molecule has 0 saturated heterocycles. The van der Waals surface area contributed by atoms with E-state index in [-0.39, 0.29) is 18.2 Å². The number of carbonyl (C=O) groups is 1. The van der Waals surface area contributed by atoms with Crippen molar-refractivity contribution >= 4 is 5.91 Å². The Balaban J connectivity index is 1.72. The monoisotopic (exact) mass is 310 g/mol. The maximum atomic E-state index is 13.5. The number of amides is 1. The molecule has 1 N–H and O–H groups in total. The van der Waals surface area contributed by atoms with Crippen molar-refractivity contribution in [2.75, 3.05) is 0 Å². The Bertz CT molecular complexity index is 844. The molecule has 1 aromatic heterocycles. The molecule has 0 unspecified atom stereocenters. The van der Waals surface area contributed by atoms with Crippen LogP contribution >= 0.6 is 0 Å². The van der Waals surface area contributed by atoms with Gasteiger partial charge in [-0.15, -0.1) is 5.10 Å². The van der Waals surface area contributed by atoms with Crippen LogP contribution in [0.2, 0.25) is 0 Å². The van der Waals surface area contributed by atoms with Crippen molar-refractivity contribution in [2.24, 2.45) is 0 Å². The van der Waals surface area contributed by atoms with Gasteiger partial charge in [0.05, 0.1) is 5.69 Å². The summed E-state index contributed by atoms with van der Waals surface area (Å²) in [7, 11) is 0. The number of aryl methyl sites for hydroxylation is 1. The van der Waals surface area contributed by atoms with Gasteiger partial charge in [0.25, 0.3) is 5.91 Å². The first kappa shape index (κ1) is 14.9. The van der Waals surface area contributed by atoms with Gasteiger partial charge in [-0.05, 0) is 24.6 Å². The summed E-state index contributed by atoms with van der Waals surface area (Å²) >= 11 is 0. The van der Waals surface area contributed by atoms with E-state index >= 15 is 0 Å². The molecule has 0 aliphatic rings. The Hall–Kier alpha value is -3.02. The number of carbonyl (C=O) groups excluding carboxylic acids is 1. The molecule has 3 aromatic rings. The first-order valence-electron chi connectivity index (χ1n) is 7.14. The number of nitrogens with one attached hydrogen (secondary N) is 1. The fraction of sp³-hybridized carbons (Fsp3) is 0.118. The zero-order valence-electron chi connectivity index (χ0n) is 12.5. The molecule has 0 bridgehead atoms. The highest BCUT2D eigenvalue weighted by molar-refractivity contribution is 5.90. The maximum Gasteiger partial charge on any atom is 0.291 e. The zero-order valence-corrected chi connectivity index (χ0v) is 12.5. The molecule has 2 aromatic carbocycles. The van der Waals surface area contributed by atoms with Gasteiger partial charge in [0.1, 0.15) is 12.1 Å². The largest absolute Gasteiger partial charge is 0.345 e. The van der Waals surface area contributed by atoms with E-state index < -0.39 is 5.91 Å². The van der Waals surface area contributed by atoms with E-state index in [0.717, 1.165) is 11.3 Å². The quantitative estimate of drug-likeness (QED) is 0.806. The Morgan fingerprint density at radius 1 is 1.17 bits per heavy atom. The van der Waals surface area contributed by atoms with Gasteiger partial charge in [0, 0.05) is 12.1 Å². The number of nitrogens with zero attached hydrogens (tertiary/aromatic N) is 3. The van der Waals surface area contributed by atoms with Crippen LogP contribution in [0.5, 0.6) is 0 Å². The fourth-order valence-electron chi connectivity index (χ4n) is 2.20. The average molecular weight is 310 g/mol. The van der Waals surface area contributed by atoms with Crippen LogP contribution in [-0.4, -0.2) is 20.7 Å². The maximum absolute atomic E-state index is 13.5. The molecular weight excluding hydrogens is 295 g/mol. The minimum atomic E-state index is -0.444. The lowest BCUT2D eigenvalue weighted by molar-refractivity contribution is 0.0940. The molecule has 0 aliphatic carbocycles. The van der Waals surface area contributed by atoms with E-state index in [0.29, 0.717) is 5.56 Å². The molecule has 0 saturated carbocycles. The highest BCUT2D eigenvalue weighted by Gasteiger charge is 2.13. The molecule has 0 fully saturated rings. The summed E-state index contributed by atoms with van der Waals surface area (Å²) in [5.74, 6) is -0.753. The van der Waals surface area contributed by atoms with E-state index in [9.17, 15) is 9.18 Å². The van der Waals surface area contributed by atoms with Crippen molar-refractivity contribution in [3.05, 3.63) is 77.6 Å². The van der Waals surface area contributed by atoms with Gasteiger partial charge in [0.15, 0.2) is 0 Å². The van der Waals surface area contributed by atoms with Crippen molar-refractivity contribution in [2.45, 2.75) is 13.5 Å². The number of rotatable bonds is 4. The van der Waals surface area contributed by atoms with Crippen LogP contribution in [0.15, 0.2) is 54.9 Å².